The molecule has 1 aliphatic carbocycles. The highest BCUT2D eigenvalue weighted by molar-refractivity contribution is 7.15. The van der Waals surface area contributed by atoms with Crippen LogP contribution in [0.25, 0.3) is 43.4 Å². The van der Waals surface area contributed by atoms with Gasteiger partial charge in [-0.3, -0.25) is 43.3 Å². The molecule has 7 N–H and O–H groups in total. The number of pyridine rings is 1. The van der Waals surface area contributed by atoms with Gasteiger partial charge in [-0.15, -0.1) is 68.0 Å². The maximum Gasteiger partial charge on any atom is 0.306 e. The molecule has 446 valence electrons. The van der Waals surface area contributed by atoms with Crippen LogP contribution in [0, 0.1) is 24.7 Å². The van der Waals surface area contributed by atoms with E-state index in [9.17, 15) is 48.6 Å². The Morgan fingerprint density at radius 2 is 1.41 bits per heavy atom. The molecule has 3 atom stereocenters. The van der Waals surface area contributed by atoms with Crippen molar-refractivity contribution >= 4 is 121 Å². The van der Waals surface area contributed by atoms with E-state index < -0.39 is 83.9 Å². The van der Waals surface area contributed by atoms with Crippen molar-refractivity contribution in [1.29, 1.82) is 0 Å². The Hall–Kier alpha value is -8.13. The first-order valence-corrected chi connectivity index (χ1v) is 32.0. The van der Waals surface area contributed by atoms with Crippen molar-refractivity contribution in [1.82, 2.24) is 61.5 Å². The monoisotopic (exact) mass is 1280 g/mol. The molecule has 1 aliphatic heterocycles. The number of benzene rings is 1. The van der Waals surface area contributed by atoms with Gasteiger partial charge in [0.15, 0.2) is 0 Å². The van der Waals surface area contributed by atoms with Crippen LogP contribution in [0.3, 0.4) is 0 Å². The summed E-state index contributed by atoms with van der Waals surface area (Å²) in [4.78, 5) is 143. The van der Waals surface area contributed by atoms with Gasteiger partial charge in [0.05, 0.1) is 60.6 Å². The molecule has 2 aliphatic rings. The van der Waals surface area contributed by atoms with Crippen LogP contribution in [-0.4, -0.2) is 120 Å². The molecule has 1 unspecified atom stereocenters. The van der Waals surface area contributed by atoms with Crippen LogP contribution in [0.2, 0.25) is 0 Å². The molecule has 86 heavy (non-hydrogen) atoms. The van der Waals surface area contributed by atoms with E-state index in [4.69, 9.17) is 39.6 Å². The van der Waals surface area contributed by atoms with Crippen LogP contribution in [0.1, 0.15) is 119 Å². The number of thiazole rings is 6. The third-order valence-electron chi connectivity index (χ3n) is 14.0. The highest BCUT2D eigenvalue weighted by Crippen LogP contribution is 2.41. The second kappa shape index (κ2) is 26.6. The third kappa shape index (κ3) is 13.7. The Morgan fingerprint density at radius 3 is 2.14 bits per heavy atom. The van der Waals surface area contributed by atoms with Gasteiger partial charge < -0.3 is 41.5 Å². The van der Waals surface area contributed by atoms with Crippen LogP contribution in [0.5, 0.6) is 0 Å². The van der Waals surface area contributed by atoms with Crippen LogP contribution in [0.4, 0.5) is 5.82 Å². The van der Waals surface area contributed by atoms with Crippen LogP contribution in [-0.2, 0) is 41.7 Å². The number of nitrogens with one attached hydrogen (secondary N) is 5. The number of ether oxygens (including phenoxy) is 1. The van der Waals surface area contributed by atoms with Gasteiger partial charge in [-0.25, -0.2) is 34.9 Å². The minimum absolute atomic E-state index is 0.00388. The average molecular weight is 1280 g/mol. The Bertz CT molecular complexity index is 3880. The van der Waals surface area contributed by atoms with Crippen molar-refractivity contribution in [3.05, 3.63) is 111 Å². The van der Waals surface area contributed by atoms with Gasteiger partial charge in [-0.05, 0) is 49.8 Å². The smallest absolute Gasteiger partial charge is 0.306 e. The van der Waals surface area contributed by atoms with E-state index >= 15 is 0 Å². The zero-order valence-corrected chi connectivity index (χ0v) is 51.5. The summed E-state index contributed by atoms with van der Waals surface area (Å²) >= 11 is 7.23. The first kappa shape index (κ1) is 61.0. The Labute approximate surface area is 515 Å². The molecule has 1 fully saturated rings. The van der Waals surface area contributed by atoms with Crippen LogP contribution >= 0.6 is 68.0 Å². The first-order chi connectivity index (χ1) is 41.3. The van der Waals surface area contributed by atoms with E-state index in [1.807, 2.05) is 49.6 Å². The number of aryl methyl sites for hydroxylation is 1. The van der Waals surface area contributed by atoms with Crippen molar-refractivity contribution < 1.29 is 53.3 Å². The summed E-state index contributed by atoms with van der Waals surface area (Å²) in [7, 11) is 2.94. The second-order valence-electron chi connectivity index (χ2n) is 20.4. The van der Waals surface area contributed by atoms with Gasteiger partial charge >= 0.3 is 11.9 Å². The number of rotatable bonds is 14. The fraction of sp³-hybridized carbons (Fsp3) is 0.339. The molecule has 1 aromatic carbocycles. The average Bonchev–Trinajstić information content (AvgIpc) is 1.95. The maximum absolute atomic E-state index is 14.3. The van der Waals surface area contributed by atoms with Gasteiger partial charge in [0.2, 0.25) is 17.7 Å². The molecule has 30 heteroatoms. The lowest BCUT2D eigenvalue weighted by atomic mass is 9.74. The van der Waals surface area contributed by atoms with Crippen molar-refractivity contribution in [2.75, 3.05) is 32.1 Å². The molecule has 10 rings (SSSR count). The van der Waals surface area contributed by atoms with E-state index in [2.05, 4.69) is 26.6 Å². The van der Waals surface area contributed by atoms with Crippen LogP contribution in [0.15, 0.2) is 64.0 Å². The summed E-state index contributed by atoms with van der Waals surface area (Å²) in [5.41, 5.74) is 3.06. The third-order valence-corrected chi connectivity index (χ3v) is 19.8. The number of methoxy groups -OCH3 is 1. The molecule has 8 heterocycles. The molecule has 7 aromatic heterocycles. The predicted molar refractivity (Wildman–Crippen MR) is 324 cm³/mol. The largest absolute Gasteiger partial charge is 0.481 e. The minimum atomic E-state index is -1.13. The second-order valence-corrected chi connectivity index (χ2v) is 26.2. The summed E-state index contributed by atoms with van der Waals surface area (Å²) in [6.07, 6.45) is -0.0112. The molecule has 0 radical (unpaired) electrons. The summed E-state index contributed by atoms with van der Waals surface area (Å²) in [5.74, 6) is -6.63. The van der Waals surface area contributed by atoms with Gasteiger partial charge in [-0.1, -0.05) is 44.2 Å². The molecule has 6 amide bonds. The number of aromatic nitrogens is 7. The molecule has 0 spiro atoms. The quantitative estimate of drug-likeness (QED) is 0.0547. The van der Waals surface area contributed by atoms with Crippen LogP contribution < -0.4 is 31.5 Å². The minimum Gasteiger partial charge on any atom is -0.481 e. The first-order valence-electron chi connectivity index (χ1n) is 26.8. The number of aliphatic carboxylic acids is 2. The zero-order chi connectivity index (χ0) is 60.9. The van der Waals surface area contributed by atoms with Gasteiger partial charge in [0.25, 0.3) is 17.7 Å². The number of hydrogen-bond donors (Lipinski definition) is 7. The number of anilines is 1. The molecular formula is C56H55N13O11S6. The number of carboxylic acids is 2. The van der Waals surface area contributed by atoms with Gasteiger partial charge in [-0.2, -0.15) is 0 Å². The number of amides is 6. The Balaban J connectivity index is 1.04. The summed E-state index contributed by atoms with van der Waals surface area (Å²) < 4.78 is 5.46. The van der Waals surface area contributed by atoms with Gasteiger partial charge in [0.1, 0.15) is 70.0 Å². The Kier molecular flexibility index (Phi) is 18.9. The number of nitrogens with zero attached hydrogens (tertiary/aromatic N) is 8. The lowest BCUT2D eigenvalue weighted by molar-refractivity contribution is -0.148. The molecular weight excluding hydrogens is 1220 g/mol. The van der Waals surface area contributed by atoms with Crippen molar-refractivity contribution in [2.24, 2.45) is 17.8 Å². The lowest BCUT2D eigenvalue weighted by Crippen LogP contribution is -2.44. The standard InChI is InChI=1S/C56H55N13O11S6/c1-25(2)42-54-68-45(37(86-54)20-80-5)47(75)58-19-40(71)59-32(15-27-9-7-6-8-10-27)51-64-36(23-83-51)52-62-34(21-82-52)44-30(49-63-35(22-81-49)46(74)61-33(18-39(70)57-4)53-67-43(26(3)85-53)48(76)66-42)11-12-31(60-44)50-65-38(24-84-50)69(14-13-41(72)73)55(77)28-16-29(17-28)56(78)79/h6-12,21-25,28-29,32-33,42H,13-20H2,1-5H3,(H,57,70)(H,58,75)(H,59,71)(H,61,74)(H,66,76)(H,72,73)(H,78,79)/t28?,29?,32-,33-,42?/m0/s1. The van der Waals surface area contributed by atoms with E-state index in [-0.39, 0.29) is 72.7 Å². The van der Waals surface area contributed by atoms with Crippen molar-refractivity contribution in [3.8, 4) is 43.4 Å². The summed E-state index contributed by atoms with van der Waals surface area (Å²) in [6.45, 7) is 4.89. The van der Waals surface area contributed by atoms with Crippen molar-refractivity contribution in [2.45, 2.75) is 77.6 Å². The number of fused-ring (bicyclic) bond motifs is 14. The summed E-state index contributed by atoms with van der Waals surface area (Å²) in [6, 6.07) is 10.6. The molecule has 10 bridgehead atoms. The molecule has 8 aromatic rings. The predicted octanol–water partition coefficient (Wildman–Crippen LogP) is 7.74. The topological polar surface area (TPSA) is 340 Å². The van der Waals surface area contributed by atoms with E-state index in [0.717, 1.165) is 39.6 Å². The van der Waals surface area contributed by atoms with E-state index in [1.165, 1.54) is 53.1 Å². The van der Waals surface area contributed by atoms with E-state index in [0.29, 0.717) is 69.6 Å². The summed E-state index contributed by atoms with van der Waals surface area (Å²) in [5, 5.41) is 42.7. The molecule has 1 saturated carbocycles. The number of carbonyl (C=O) groups excluding carboxylic acids is 6. The number of carbonyl (C=O) groups is 8. The highest BCUT2D eigenvalue weighted by Gasteiger charge is 2.42. The maximum atomic E-state index is 14.3. The highest BCUT2D eigenvalue weighted by atomic mass is 32.1. The van der Waals surface area contributed by atoms with Crippen molar-refractivity contribution in [3.63, 3.8) is 0 Å². The molecule has 0 saturated heterocycles. The lowest BCUT2D eigenvalue weighted by Gasteiger charge is -2.34. The fourth-order valence-electron chi connectivity index (χ4n) is 9.46. The number of hydrogen-bond acceptors (Lipinski definition) is 22. The SMILES string of the molecule is CNC(=O)C[C@@H]1NC(=O)c2csc(n2)-c2ccc(-c3nc(N(CCC(=O)O)C(=O)C4CC(C(=O)O)C4)cs3)nc2-c2csc(n2)-c2csc(n2)[C@H](Cc2ccccc2)NC(=O)CNC(=O)c2nc(sc2COC)C(C(C)C)NC(=O)c2nc1sc2C. The Morgan fingerprint density at radius 1 is 0.698 bits per heavy atom. The van der Waals surface area contributed by atoms with Gasteiger partial charge in [0, 0.05) is 58.6 Å². The van der Waals surface area contributed by atoms with E-state index in [1.54, 1.807) is 35.2 Å². The normalized spacial score (nSPS) is 18.2. The number of carboxylic acid groups (broad SMARTS) is 2. The molecule has 24 nitrogen and oxygen atoms in total. The zero-order valence-electron chi connectivity index (χ0n) is 46.6. The fourth-order valence-corrected chi connectivity index (χ4v) is 15.0.